The Kier molecular flexibility index (Phi) is 2.44. The highest BCUT2D eigenvalue weighted by atomic mass is 79.9. The lowest BCUT2D eigenvalue weighted by molar-refractivity contribution is 0.885. The first kappa shape index (κ1) is 9.74. The second-order valence-corrected chi connectivity index (χ2v) is 3.88. The van der Waals surface area contributed by atoms with E-state index in [0.29, 0.717) is 5.56 Å². The maximum absolute atomic E-state index is 8.73. The summed E-state index contributed by atoms with van der Waals surface area (Å²) in [6.07, 6.45) is 1.61. The fourth-order valence-corrected chi connectivity index (χ4v) is 1.46. The third-order valence-electron chi connectivity index (χ3n) is 1.95. The molecule has 5 heteroatoms. The molecule has 0 saturated carbocycles. The number of nitrogens with zero attached hydrogens (tertiary/aromatic N) is 3. The number of nitriles is 1. The highest BCUT2D eigenvalue weighted by Crippen LogP contribution is 2.16. The molecule has 4 nitrogen and oxygen atoms in total. The molecule has 0 spiro atoms. The van der Waals surface area contributed by atoms with E-state index in [0.717, 1.165) is 10.2 Å². The van der Waals surface area contributed by atoms with Crippen LogP contribution in [0.1, 0.15) is 5.56 Å². The molecule has 74 valence electrons. The first-order valence-electron chi connectivity index (χ1n) is 4.22. The fraction of sp³-hybridized carbons (Fsp3) is 0. The number of nitrogen functional groups attached to an aromatic ring is 1. The summed E-state index contributed by atoms with van der Waals surface area (Å²) in [5.41, 5.74) is 6.81. The van der Waals surface area contributed by atoms with Crippen LogP contribution in [-0.4, -0.2) is 9.78 Å². The van der Waals surface area contributed by atoms with Gasteiger partial charge in [0.05, 0.1) is 11.9 Å². The Morgan fingerprint density at radius 2 is 2.00 bits per heavy atom. The number of hydrogen-bond donors (Lipinski definition) is 1. The molecule has 1 aromatic heterocycles. The summed E-state index contributed by atoms with van der Waals surface area (Å²) in [5, 5.41) is 12.8. The molecular weight excluding hydrogens is 256 g/mol. The lowest BCUT2D eigenvalue weighted by Crippen LogP contribution is -1.95. The van der Waals surface area contributed by atoms with E-state index >= 15 is 0 Å². The molecule has 0 aliphatic heterocycles. The van der Waals surface area contributed by atoms with E-state index in [-0.39, 0.29) is 5.82 Å². The van der Waals surface area contributed by atoms with Crippen LogP contribution in [-0.2, 0) is 0 Å². The van der Waals surface area contributed by atoms with Gasteiger partial charge in [-0.25, -0.2) is 4.68 Å². The van der Waals surface area contributed by atoms with Gasteiger partial charge in [-0.2, -0.15) is 5.26 Å². The van der Waals surface area contributed by atoms with Crippen LogP contribution in [0.3, 0.4) is 0 Å². The van der Waals surface area contributed by atoms with Crippen LogP contribution in [0.4, 0.5) is 5.82 Å². The Labute approximate surface area is 95.1 Å². The molecule has 2 aromatic rings. The van der Waals surface area contributed by atoms with Crippen LogP contribution >= 0.6 is 15.9 Å². The van der Waals surface area contributed by atoms with E-state index in [1.54, 1.807) is 10.9 Å². The smallest absolute Gasteiger partial charge is 0.163 e. The van der Waals surface area contributed by atoms with Gasteiger partial charge < -0.3 is 5.73 Å². The maximum Gasteiger partial charge on any atom is 0.163 e. The highest BCUT2D eigenvalue weighted by molar-refractivity contribution is 9.10. The van der Waals surface area contributed by atoms with Crippen molar-refractivity contribution in [2.24, 2.45) is 0 Å². The lowest BCUT2D eigenvalue weighted by atomic mass is 10.3. The van der Waals surface area contributed by atoms with Gasteiger partial charge in [0.2, 0.25) is 0 Å². The predicted octanol–water partition coefficient (Wildman–Crippen LogP) is 2.09. The number of nitrogens with two attached hydrogens (primary N) is 1. The molecule has 2 rings (SSSR count). The summed E-state index contributed by atoms with van der Waals surface area (Å²) < 4.78 is 2.58. The van der Waals surface area contributed by atoms with Crippen LogP contribution in [0.5, 0.6) is 0 Å². The quantitative estimate of drug-likeness (QED) is 0.856. The summed E-state index contributed by atoms with van der Waals surface area (Å²) in [7, 11) is 0. The predicted molar refractivity (Wildman–Crippen MR) is 60.4 cm³/mol. The molecule has 1 heterocycles. The molecule has 0 bridgehead atoms. The van der Waals surface area contributed by atoms with Gasteiger partial charge in [0.25, 0.3) is 0 Å². The number of benzene rings is 1. The second-order valence-electron chi connectivity index (χ2n) is 2.96. The second kappa shape index (κ2) is 3.75. The van der Waals surface area contributed by atoms with Gasteiger partial charge in [0.15, 0.2) is 5.82 Å². The van der Waals surface area contributed by atoms with Crippen molar-refractivity contribution in [3.8, 4) is 11.8 Å². The van der Waals surface area contributed by atoms with Gasteiger partial charge >= 0.3 is 0 Å². The van der Waals surface area contributed by atoms with Crippen molar-refractivity contribution in [1.29, 1.82) is 5.26 Å². The van der Waals surface area contributed by atoms with Gasteiger partial charge in [-0.1, -0.05) is 15.9 Å². The average Bonchev–Trinajstić information content (AvgIpc) is 2.61. The number of halogens is 1. The molecular formula is C10H7BrN4. The number of aromatic nitrogens is 2. The minimum atomic E-state index is 0.250. The highest BCUT2D eigenvalue weighted by Gasteiger charge is 2.05. The van der Waals surface area contributed by atoms with Gasteiger partial charge in [-0.15, -0.1) is 5.10 Å². The van der Waals surface area contributed by atoms with Crippen molar-refractivity contribution >= 4 is 21.7 Å². The largest absolute Gasteiger partial charge is 0.381 e. The number of anilines is 1. The topological polar surface area (TPSA) is 67.6 Å². The van der Waals surface area contributed by atoms with Crippen molar-refractivity contribution in [1.82, 2.24) is 9.78 Å². The van der Waals surface area contributed by atoms with E-state index in [4.69, 9.17) is 11.0 Å². The zero-order valence-electron chi connectivity index (χ0n) is 7.68. The van der Waals surface area contributed by atoms with Crippen molar-refractivity contribution in [3.05, 3.63) is 40.5 Å². The summed E-state index contributed by atoms with van der Waals surface area (Å²) in [5.74, 6) is 0.250. The van der Waals surface area contributed by atoms with Crippen molar-refractivity contribution in [3.63, 3.8) is 0 Å². The van der Waals surface area contributed by atoms with Gasteiger partial charge in [-0.3, -0.25) is 0 Å². The van der Waals surface area contributed by atoms with Crippen LogP contribution in [0.15, 0.2) is 34.9 Å². The number of rotatable bonds is 1. The van der Waals surface area contributed by atoms with Crippen LogP contribution in [0, 0.1) is 11.3 Å². The van der Waals surface area contributed by atoms with E-state index in [9.17, 15) is 0 Å². The zero-order valence-corrected chi connectivity index (χ0v) is 9.27. The molecule has 0 saturated heterocycles. The standard InChI is InChI=1S/C10H7BrN4/c11-8-1-3-9(4-2-8)15-6-7(5-12)10(13)14-15/h1-4,6H,(H2,13,14). The lowest BCUT2D eigenvalue weighted by Gasteiger charge is -1.99. The van der Waals surface area contributed by atoms with Crippen molar-refractivity contribution in [2.75, 3.05) is 5.73 Å². The Morgan fingerprint density at radius 1 is 1.33 bits per heavy atom. The fourth-order valence-electron chi connectivity index (χ4n) is 1.20. The summed E-state index contributed by atoms with van der Waals surface area (Å²) in [4.78, 5) is 0. The third kappa shape index (κ3) is 1.85. The SMILES string of the molecule is N#Cc1cn(-c2ccc(Br)cc2)nc1N. The Bertz CT molecular complexity index is 521. The Hall–Kier alpha value is -1.80. The maximum atomic E-state index is 8.73. The summed E-state index contributed by atoms with van der Waals surface area (Å²) in [6, 6.07) is 9.56. The molecule has 1 aromatic carbocycles. The molecule has 15 heavy (non-hydrogen) atoms. The molecule has 0 fully saturated rings. The summed E-state index contributed by atoms with van der Waals surface area (Å²) in [6.45, 7) is 0. The first-order chi connectivity index (χ1) is 7.20. The van der Waals surface area contributed by atoms with E-state index in [2.05, 4.69) is 21.0 Å². The molecule has 0 unspecified atom stereocenters. The van der Waals surface area contributed by atoms with Crippen LogP contribution in [0.2, 0.25) is 0 Å². The molecule has 2 N–H and O–H groups in total. The van der Waals surface area contributed by atoms with Gasteiger partial charge in [0, 0.05) is 4.47 Å². The third-order valence-corrected chi connectivity index (χ3v) is 2.48. The van der Waals surface area contributed by atoms with Crippen LogP contribution < -0.4 is 5.73 Å². The summed E-state index contributed by atoms with van der Waals surface area (Å²) >= 11 is 3.34. The molecule has 0 aliphatic carbocycles. The van der Waals surface area contributed by atoms with E-state index < -0.39 is 0 Å². The average molecular weight is 263 g/mol. The van der Waals surface area contributed by atoms with Crippen molar-refractivity contribution < 1.29 is 0 Å². The minimum Gasteiger partial charge on any atom is -0.381 e. The minimum absolute atomic E-state index is 0.250. The van der Waals surface area contributed by atoms with Gasteiger partial charge in [-0.05, 0) is 24.3 Å². The first-order valence-corrected chi connectivity index (χ1v) is 5.01. The van der Waals surface area contributed by atoms with Gasteiger partial charge in [0.1, 0.15) is 11.6 Å². The molecule has 0 atom stereocenters. The van der Waals surface area contributed by atoms with E-state index in [1.807, 2.05) is 30.3 Å². The van der Waals surface area contributed by atoms with E-state index in [1.165, 1.54) is 0 Å². The monoisotopic (exact) mass is 262 g/mol. The zero-order chi connectivity index (χ0) is 10.8. The van der Waals surface area contributed by atoms with Crippen molar-refractivity contribution in [2.45, 2.75) is 0 Å². The Balaban J connectivity index is 2.46. The van der Waals surface area contributed by atoms with Crippen LogP contribution in [0.25, 0.3) is 5.69 Å². The number of hydrogen-bond acceptors (Lipinski definition) is 3. The normalized spacial score (nSPS) is 9.87. The Morgan fingerprint density at radius 3 is 2.53 bits per heavy atom. The molecule has 0 aliphatic rings. The molecule has 0 radical (unpaired) electrons. The molecule has 0 amide bonds.